The van der Waals surface area contributed by atoms with E-state index in [4.69, 9.17) is 4.74 Å². The largest absolute Gasteiger partial charge is 0.372 e. The van der Waals surface area contributed by atoms with Crippen LogP contribution in [0.2, 0.25) is 0 Å². The van der Waals surface area contributed by atoms with Gasteiger partial charge < -0.3 is 9.64 Å². The Bertz CT molecular complexity index is 500. The van der Waals surface area contributed by atoms with Crippen LogP contribution in [0.15, 0.2) is 30.3 Å². The van der Waals surface area contributed by atoms with Crippen LogP contribution in [0.1, 0.15) is 26.3 Å². The molecule has 1 saturated heterocycles. The molecule has 1 heterocycles. The van der Waals surface area contributed by atoms with E-state index >= 15 is 0 Å². The number of ether oxygens (including phenoxy) is 1. The van der Waals surface area contributed by atoms with E-state index in [1.807, 2.05) is 20.8 Å². The zero-order valence-corrected chi connectivity index (χ0v) is 12.1. The van der Waals surface area contributed by atoms with Gasteiger partial charge in [0.25, 0.3) is 0 Å². The number of hydrogen-bond donors (Lipinski definition) is 0. The summed E-state index contributed by atoms with van der Waals surface area (Å²) in [6, 6.07) is 6.16. The molecule has 1 fully saturated rings. The van der Waals surface area contributed by atoms with Crippen molar-refractivity contribution in [1.29, 1.82) is 0 Å². The Morgan fingerprint density at radius 2 is 1.80 bits per heavy atom. The van der Waals surface area contributed by atoms with Gasteiger partial charge in [0.2, 0.25) is 5.91 Å². The predicted molar refractivity (Wildman–Crippen MR) is 76.6 cm³/mol. The number of morpholine rings is 1. The third-order valence-corrected chi connectivity index (χ3v) is 3.37. The minimum atomic E-state index is -0.274. The number of rotatable bonds is 2. The van der Waals surface area contributed by atoms with Gasteiger partial charge in [-0.2, -0.15) is 0 Å². The van der Waals surface area contributed by atoms with Crippen molar-refractivity contribution in [2.45, 2.75) is 33.0 Å². The van der Waals surface area contributed by atoms with E-state index in [1.165, 1.54) is 12.1 Å². The Balaban J connectivity index is 2.09. The zero-order chi connectivity index (χ0) is 14.7. The molecule has 4 heteroatoms. The topological polar surface area (TPSA) is 29.5 Å². The first-order valence-electron chi connectivity index (χ1n) is 6.84. The summed E-state index contributed by atoms with van der Waals surface area (Å²) in [5.74, 6) is -0.294. The second kappa shape index (κ2) is 6.18. The van der Waals surface area contributed by atoms with Crippen LogP contribution < -0.4 is 0 Å². The minimum Gasteiger partial charge on any atom is -0.372 e. The van der Waals surface area contributed by atoms with Crippen LogP contribution in [-0.4, -0.2) is 36.1 Å². The molecule has 0 aromatic heterocycles. The molecule has 1 aromatic rings. The van der Waals surface area contributed by atoms with Gasteiger partial charge in [-0.1, -0.05) is 12.1 Å². The maximum absolute atomic E-state index is 12.9. The number of amides is 1. The molecule has 1 aliphatic rings. The number of halogens is 1. The van der Waals surface area contributed by atoms with E-state index in [1.54, 1.807) is 23.1 Å². The van der Waals surface area contributed by atoms with Gasteiger partial charge >= 0.3 is 0 Å². The summed E-state index contributed by atoms with van der Waals surface area (Å²) in [6.07, 6.45) is 1.72. The standard InChI is InChI=1S/C16H20FNO2/c1-11(14-4-6-15(17)7-5-14)8-16(19)18-9-12(2)20-13(3)10-18/h4-8,12-13H,9-10H2,1-3H3/b11-8-/t12-,13+. The first-order valence-corrected chi connectivity index (χ1v) is 6.84. The van der Waals surface area contributed by atoms with E-state index in [2.05, 4.69) is 0 Å². The van der Waals surface area contributed by atoms with Crippen molar-refractivity contribution >= 4 is 11.5 Å². The third kappa shape index (κ3) is 3.67. The van der Waals surface area contributed by atoms with Crippen molar-refractivity contribution in [1.82, 2.24) is 4.90 Å². The second-order valence-corrected chi connectivity index (χ2v) is 5.33. The highest BCUT2D eigenvalue weighted by atomic mass is 19.1. The lowest BCUT2D eigenvalue weighted by Gasteiger charge is -2.34. The average Bonchev–Trinajstić information content (AvgIpc) is 2.38. The van der Waals surface area contributed by atoms with E-state index in [0.717, 1.165) is 11.1 Å². The lowest BCUT2D eigenvalue weighted by molar-refractivity contribution is -0.137. The van der Waals surface area contributed by atoms with Gasteiger partial charge in [0.1, 0.15) is 5.82 Å². The Hall–Kier alpha value is -1.68. The highest BCUT2D eigenvalue weighted by Crippen LogP contribution is 2.16. The number of allylic oxidation sites excluding steroid dienone is 1. The molecule has 0 aliphatic carbocycles. The van der Waals surface area contributed by atoms with Crippen molar-refractivity contribution < 1.29 is 13.9 Å². The predicted octanol–water partition coefficient (Wildman–Crippen LogP) is 2.86. The van der Waals surface area contributed by atoms with Crippen molar-refractivity contribution in [2.75, 3.05) is 13.1 Å². The van der Waals surface area contributed by atoms with Crippen molar-refractivity contribution in [3.05, 3.63) is 41.7 Å². The fraction of sp³-hybridized carbons (Fsp3) is 0.438. The summed E-state index contributed by atoms with van der Waals surface area (Å²) < 4.78 is 18.5. The highest BCUT2D eigenvalue weighted by molar-refractivity contribution is 5.94. The van der Waals surface area contributed by atoms with Crippen LogP contribution in [0, 0.1) is 5.82 Å². The summed E-state index contributed by atoms with van der Waals surface area (Å²) in [5.41, 5.74) is 1.69. The molecule has 2 rings (SSSR count). The van der Waals surface area contributed by atoms with Crippen LogP contribution in [-0.2, 0) is 9.53 Å². The van der Waals surface area contributed by atoms with Crippen LogP contribution in [0.5, 0.6) is 0 Å². The lowest BCUT2D eigenvalue weighted by Crippen LogP contribution is -2.47. The van der Waals surface area contributed by atoms with Gasteiger partial charge in [-0.05, 0) is 44.0 Å². The Labute approximate surface area is 119 Å². The molecule has 0 bridgehead atoms. The van der Waals surface area contributed by atoms with Crippen molar-refractivity contribution in [3.63, 3.8) is 0 Å². The maximum atomic E-state index is 12.9. The quantitative estimate of drug-likeness (QED) is 0.778. The van der Waals surface area contributed by atoms with Gasteiger partial charge in [-0.3, -0.25) is 4.79 Å². The lowest BCUT2D eigenvalue weighted by atomic mass is 10.1. The van der Waals surface area contributed by atoms with Gasteiger partial charge in [-0.15, -0.1) is 0 Å². The Morgan fingerprint density at radius 3 is 2.35 bits per heavy atom. The Kier molecular flexibility index (Phi) is 4.55. The molecular weight excluding hydrogens is 257 g/mol. The maximum Gasteiger partial charge on any atom is 0.247 e. The number of carbonyl (C=O) groups excluding carboxylic acids is 1. The zero-order valence-electron chi connectivity index (χ0n) is 12.1. The highest BCUT2D eigenvalue weighted by Gasteiger charge is 2.24. The van der Waals surface area contributed by atoms with Crippen LogP contribution in [0.3, 0.4) is 0 Å². The molecule has 108 valence electrons. The summed E-state index contributed by atoms with van der Waals surface area (Å²) in [6.45, 7) is 7.00. The molecule has 0 N–H and O–H groups in total. The van der Waals surface area contributed by atoms with Crippen LogP contribution in [0.25, 0.3) is 5.57 Å². The summed E-state index contributed by atoms with van der Waals surface area (Å²) >= 11 is 0. The molecule has 1 aromatic carbocycles. The summed E-state index contributed by atoms with van der Waals surface area (Å²) in [7, 11) is 0. The third-order valence-electron chi connectivity index (χ3n) is 3.37. The van der Waals surface area contributed by atoms with Gasteiger partial charge in [0, 0.05) is 19.2 Å². The van der Waals surface area contributed by atoms with Crippen LogP contribution in [0.4, 0.5) is 4.39 Å². The SMILES string of the molecule is C/C(=C/C(=O)N1C[C@@H](C)O[C@@H](C)C1)c1ccc(F)cc1. The van der Waals surface area contributed by atoms with Crippen molar-refractivity contribution in [2.24, 2.45) is 0 Å². The van der Waals surface area contributed by atoms with E-state index in [9.17, 15) is 9.18 Å². The van der Waals surface area contributed by atoms with Gasteiger partial charge in [-0.25, -0.2) is 4.39 Å². The molecule has 0 spiro atoms. The van der Waals surface area contributed by atoms with E-state index in [0.29, 0.717) is 13.1 Å². The van der Waals surface area contributed by atoms with E-state index < -0.39 is 0 Å². The van der Waals surface area contributed by atoms with Crippen molar-refractivity contribution in [3.8, 4) is 0 Å². The van der Waals surface area contributed by atoms with E-state index in [-0.39, 0.29) is 23.9 Å². The normalized spacial score (nSPS) is 23.8. The fourth-order valence-electron chi connectivity index (χ4n) is 2.43. The second-order valence-electron chi connectivity index (χ2n) is 5.33. The molecule has 0 saturated carbocycles. The molecule has 0 unspecified atom stereocenters. The molecule has 20 heavy (non-hydrogen) atoms. The Morgan fingerprint density at radius 1 is 1.25 bits per heavy atom. The monoisotopic (exact) mass is 277 g/mol. The number of hydrogen-bond acceptors (Lipinski definition) is 2. The molecule has 1 aliphatic heterocycles. The molecule has 3 nitrogen and oxygen atoms in total. The molecular formula is C16H20FNO2. The van der Waals surface area contributed by atoms with Crippen LogP contribution >= 0.6 is 0 Å². The average molecular weight is 277 g/mol. The van der Waals surface area contributed by atoms with Gasteiger partial charge in [0.15, 0.2) is 0 Å². The number of benzene rings is 1. The molecule has 1 amide bonds. The summed E-state index contributed by atoms with van der Waals surface area (Å²) in [4.78, 5) is 14.1. The number of nitrogens with zero attached hydrogens (tertiary/aromatic N) is 1. The minimum absolute atomic E-state index is 0.0196. The summed E-state index contributed by atoms with van der Waals surface area (Å²) in [5, 5.41) is 0. The first kappa shape index (κ1) is 14.7. The van der Waals surface area contributed by atoms with Gasteiger partial charge in [0.05, 0.1) is 12.2 Å². The smallest absolute Gasteiger partial charge is 0.247 e. The first-order chi connectivity index (χ1) is 9.45. The fourth-order valence-corrected chi connectivity index (χ4v) is 2.43. The number of carbonyl (C=O) groups is 1. The molecule has 2 atom stereocenters. The molecule has 0 radical (unpaired) electrons.